The number of pyridine rings is 2. The fourth-order valence-electron chi connectivity index (χ4n) is 6.44. The highest BCUT2D eigenvalue weighted by molar-refractivity contribution is 6.20. The lowest BCUT2D eigenvalue weighted by atomic mass is 9.74. The third kappa shape index (κ3) is 5.00. The average Bonchev–Trinajstić information content (AvgIpc) is 3.34. The van der Waals surface area contributed by atoms with Crippen molar-refractivity contribution < 1.29 is 9.53 Å². The summed E-state index contributed by atoms with van der Waals surface area (Å²) in [4.78, 5) is 31.1. The number of alkyl halides is 1. The maximum atomic E-state index is 13.3. The first-order valence-electron chi connectivity index (χ1n) is 13.1. The van der Waals surface area contributed by atoms with Gasteiger partial charge in [-0.15, -0.1) is 11.6 Å². The number of rotatable bonds is 4. The van der Waals surface area contributed by atoms with E-state index >= 15 is 0 Å². The molecule has 3 heterocycles. The topological polar surface area (TPSA) is 85.2 Å². The third-order valence-corrected chi connectivity index (χ3v) is 9.01. The van der Waals surface area contributed by atoms with Gasteiger partial charge in [0.2, 0.25) is 5.91 Å². The molecule has 190 valence electrons. The summed E-state index contributed by atoms with van der Waals surface area (Å²) < 4.78 is 7.72. The summed E-state index contributed by atoms with van der Waals surface area (Å²) in [5.41, 5.74) is 2.68. The van der Waals surface area contributed by atoms with Crippen molar-refractivity contribution in [1.82, 2.24) is 20.2 Å². The van der Waals surface area contributed by atoms with Crippen molar-refractivity contribution in [2.24, 2.45) is 18.9 Å². The smallest absolute Gasteiger partial charge is 0.254 e. The van der Waals surface area contributed by atoms with E-state index in [-0.39, 0.29) is 40.9 Å². The van der Waals surface area contributed by atoms with Crippen molar-refractivity contribution in [3.63, 3.8) is 0 Å². The molecule has 5 atom stereocenters. The molecule has 2 N–H and O–H groups in total. The van der Waals surface area contributed by atoms with Crippen LogP contribution in [0.25, 0.3) is 10.9 Å². The molecule has 3 aliphatic rings. The van der Waals surface area contributed by atoms with E-state index in [1.165, 1.54) is 0 Å². The second-order valence-corrected chi connectivity index (χ2v) is 11.5. The van der Waals surface area contributed by atoms with Crippen LogP contribution in [0.15, 0.2) is 23.1 Å². The number of ether oxygens (including phenoxy) is 1. The number of carbonyl (C=O) groups excluding carboxylic acids is 1. The predicted octanol–water partition coefficient (Wildman–Crippen LogP) is 3.74. The van der Waals surface area contributed by atoms with Gasteiger partial charge in [0.05, 0.1) is 18.4 Å². The molecule has 3 fully saturated rings. The van der Waals surface area contributed by atoms with Gasteiger partial charge < -0.3 is 14.6 Å². The number of carbonyl (C=O) groups is 1. The molecular weight excluding hydrogens is 464 g/mol. The van der Waals surface area contributed by atoms with Crippen LogP contribution in [0.4, 0.5) is 0 Å². The molecule has 2 aliphatic carbocycles. The highest BCUT2D eigenvalue weighted by atomic mass is 35.5. The second kappa shape index (κ2) is 10.2. The summed E-state index contributed by atoms with van der Waals surface area (Å²) in [6.45, 7) is 4.57. The minimum Gasteiger partial charge on any atom is -0.361 e. The lowest BCUT2D eigenvalue weighted by Gasteiger charge is -2.36. The molecule has 8 heteroatoms. The SMILES string of the molecule is Cc1cc2c(cn1)cc(C1CC(NC(=O)C3NCOC3C3CCC(Cl)CC3)CCC1C)c(=O)n2C. The Hall–Kier alpha value is -1.96. The summed E-state index contributed by atoms with van der Waals surface area (Å²) in [5.74, 6) is 0.858. The number of aromatic nitrogens is 2. The zero-order valence-corrected chi connectivity index (χ0v) is 21.7. The van der Waals surface area contributed by atoms with Crippen LogP contribution < -0.4 is 16.2 Å². The Morgan fingerprint density at radius 1 is 1.20 bits per heavy atom. The van der Waals surface area contributed by atoms with E-state index in [1.54, 1.807) is 4.57 Å². The molecule has 35 heavy (non-hydrogen) atoms. The molecule has 2 aromatic heterocycles. The van der Waals surface area contributed by atoms with E-state index < -0.39 is 0 Å². The van der Waals surface area contributed by atoms with Gasteiger partial charge in [-0.25, -0.2) is 0 Å². The number of nitrogens with zero attached hydrogens (tertiary/aromatic N) is 2. The minimum absolute atomic E-state index is 0.0184. The first-order chi connectivity index (χ1) is 16.8. The lowest BCUT2D eigenvalue weighted by molar-refractivity contribution is -0.125. The number of halogens is 1. The van der Waals surface area contributed by atoms with Gasteiger partial charge in [0.25, 0.3) is 5.56 Å². The lowest BCUT2D eigenvalue weighted by Crippen LogP contribution is -2.52. The van der Waals surface area contributed by atoms with Crippen molar-refractivity contribution in [3.8, 4) is 0 Å². The van der Waals surface area contributed by atoms with Crippen LogP contribution >= 0.6 is 11.6 Å². The zero-order valence-electron chi connectivity index (χ0n) is 20.9. The summed E-state index contributed by atoms with van der Waals surface area (Å²) in [7, 11) is 1.84. The van der Waals surface area contributed by atoms with Crippen LogP contribution in [-0.2, 0) is 16.6 Å². The van der Waals surface area contributed by atoms with Crippen LogP contribution in [0.1, 0.15) is 69.0 Å². The average molecular weight is 501 g/mol. The van der Waals surface area contributed by atoms with E-state index in [2.05, 4.69) is 22.5 Å². The zero-order chi connectivity index (χ0) is 24.7. The molecule has 7 nitrogen and oxygen atoms in total. The molecule has 1 aliphatic heterocycles. The highest BCUT2D eigenvalue weighted by Crippen LogP contribution is 2.38. The van der Waals surface area contributed by atoms with Crippen LogP contribution in [0.5, 0.6) is 0 Å². The normalized spacial score (nSPS) is 33.7. The number of fused-ring (bicyclic) bond motifs is 1. The van der Waals surface area contributed by atoms with Crippen molar-refractivity contribution in [1.29, 1.82) is 0 Å². The van der Waals surface area contributed by atoms with Gasteiger partial charge in [0, 0.05) is 41.3 Å². The Balaban J connectivity index is 1.31. The maximum Gasteiger partial charge on any atom is 0.254 e. The number of nitrogens with one attached hydrogen (secondary N) is 2. The molecule has 2 saturated carbocycles. The van der Waals surface area contributed by atoms with Gasteiger partial charge in [0.1, 0.15) is 6.04 Å². The van der Waals surface area contributed by atoms with Crippen LogP contribution in [0.2, 0.25) is 0 Å². The second-order valence-electron chi connectivity index (χ2n) is 10.9. The maximum absolute atomic E-state index is 13.3. The van der Waals surface area contributed by atoms with Crippen molar-refractivity contribution in [2.45, 2.75) is 88.3 Å². The molecule has 0 aromatic carbocycles. The molecule has 0 radical (unpaired) electrons. The van der Waals surface area contributed by atoms with E-state index in [0.717, 1.165) is 67.1 Å². The molecule has 2 aromatic rings. The van der Waals surface area contributed by atoms with Gasteiger partial charge in [-0.3, -0.25) is 19.9 Å². The van der Waals surface area contributed by atoms with Crippen LogP contribution in [-0.4, -0.2) is 45.8 Å². The third-order valence-electron chi connectivity index (χ3n) is 8.57. The summed E-state index contributed by atoms with van der Waals surface area (Å²) in [6.07, 6.45) is 8.40. The van der Waals surface area contributed by atoms with Crippen molar-refractivity contribution in [3.05, 3.63) is 39.9 Å². The van der Waals surface area contributed by atoms with Crippen molar-refractivity contribution >= 4 is 28.4 Å². The Bertz CT molecular complexity index is 1140. The Morgan fingerprint density at radius 3 is 2.74 bits per heavy atom. The predicted molar refractivity (Wildman–Crippen MR) is 138 cm³/mol. The highest BCUT2D eigenvalue weighted by Gasteiger charge is 2.41. The van der Waals surface area contributed by atoms with E-state index in [4.69, 9.17) is 16.3 Å². The number of hydrogen-bond acceptors (Lipinski definition) is 5. The van der Waals surface area contributed by atoms with Gasteiger partial charge in [-0.1, -0.05) is 6.92 Å². The molecule has 1 amide bonds. The minimum atomic E-state index is -0.326. The van der Waals surface area contributed by atoms with Crippen LogP contribution in [0.3, 0.4) is 0 Å². The molecular formula is C27H37ClN4O3. The standard InChI is InChI=1S/C27H37ClN4O3/c1-15-4-9-20(31-26(33)24-25(35-14-30-24)17-5-7-19(28)8-6-17)12-21(15)22-11-18-13-29-16(2)10-23(18)32(3)27(22)34/h10-11,13,15,17,19-21,24-25,30H,4-9,12,14H2,1-3H3,(H,31,33). The monoisotopic (exact) mass is 500 g/mol. The Morgan fingerprint density at radius 2 is 1.97 bits per heavy atom. The van der Waals surface area contributed by atoms with Crippen molar-refractivity contribution in [2.75, 3.05) is 6.73 Å². The molecule has 5 unspecified atom stereocenters. The Kier molecular flexibility index (Phi) is 7.20. The summed E-state index contributed by atoms with van der Waals surface area (Å²) in [5, 5.41) is 7.81. The van der Waals surface area contributed by atoms with E-state index in [9.17, 15) is 9.59 Å². The van der Waals surface area contributed by atoms with E-state index in [0.29, 0.717) is 18.6 Å². The largest absolute Gasteiger partial charge is 0.361 e. The fourth-order valence-corrected chi connectivity index (χ4v) is 6.69. The van der Waals surface area contributed by atoms with Gasteiger partial charge in [-0.05, 0) is 81.8 Å². The van der Waals surface area contributed by atoms with E-state index in [1.807, 2.05) is 32.3 Å². The molecule has 1 saturated heterocycles. The number of amides is 1. The molecule has 5 rings (SSSR count). The number of aryl methyl sites for hydroxylation is 2. The first-order valence-corrected chi connectivity index (χ1v) is 13.5. The van der Waals surface area contributed by atoms with Gasteiger partial charge in [0.15, 0.2) is 0 Å². The molecule has 0 spiro atoms. The Labute approximate surface area is 212 Å². The quantitative estimate of drug-likeness (QED) is 0.625. The number of hydrogen-bond donors (Lipinski definition) is 2. The van der Waals surface area contributed by atoms with Crippen LogP contribution in [0, 0.1) is 18.8 Å². The molecule has 0 bridgehead atoms. The fraction of sp³-hybridized carbons (Fsp3) is 0.667. The van der Waals surface area contributed by atoms with Gasteiger partial charge >= 0.3 is 0 Å². The van der Waals surface area contributed by atoms with Gasteiger partial charge in [-0.2, -0.15) is 0 Å². The summed E-state index contributed by atoms with van der Waals surface area (Å²) in [6, 6.07) is 3.69. The summed E-state index contributed by atoms with van der Waals surface area (Å²) >= 11 is 6.29. The first kappa shape index (κ1) is 24.7.